The average molecular weight is 312 g/mol. The molecule has 0 saturated carbocycles. The van der Waals surface area contributed by atoms with Gasteiger partial charge in [-0.1, -0.05) is 18.2 Å². The van der Waals surface area contributed by atoms with Crippen molar-refractivity contribution < 1.29 is 14.1 Å². The average Bonchev–Trinajstić information content (AvgIpc) is 2.91. The topological polar surface area (TPSA) is 73.5 Å². The summed E-state index contributed by atoms with van der Waals surface area (Å²) in [4.78, 5) is 23.3. The molecule has 1 aromatic heterocycles. The van der Waals surface area contributed by atoms with Crippen molar-refractivity contribution in [3.63, 3.8) is 0 Å². The molecule has 0 unspecified atom stereocenters. The maximum Gasteiger partial charge on any atom is 0.290 e. The second kappa shape index (κ2) is 6.00. The van der Waals surface area contributed by atoms with Crippen LogP contribution in [-0.4, -0.2) is 17.8 Å². The zero-order valence-electron chi connectivity index (χ0n) is 12.8. The quantitative estimate of drug-likeness (QED) is 0.800. The van der Waals surface area contributed by atoms with Crippen LogP contribution < -0.4 is 15.6 Å². The Morgan fingerprint density at radius 1 is 1.17 bits per heavy atom. The Balaban J connectivity index is 1.74. The zero-order chi connectivity index (χ0) is 16.4. The summed E-state index contributed by atoms with van der Waals surface area (Å²) in [5.41, 5.74) is 0.601. The number of amides is 1. The van der Waals surface area contributed by atoms with Gasteiger partial charge in [-0.15, -0.1) is 0 Å². The van der Waals surface area contributed by atoms with Crippen LogP contribution in [0.5, 0.6) is 5.75 Å². The summed E-state index contributed by atoms with van der Waals surface area (Å²) in [5.74, 6) is 0.387. The zero-order valence-corrected chi connectivity index (χ0v) is 12.8. The van der Waals surface area contributed by atoms with E-state index in [1.165, 1.54) is 13.1 Å². The Hall–Kier alpha value is -3.02. The molecular weight excluding hydrogens is 296 g/mol. The minimum atomic E-state index is -0.419. The fraction of sp³-hybridized carbons (Fsp3) is 0.176. The summed E-state index contributed by atoms with van der Waals surface area (Å²) in [6.45, 7) is 0.347. The molecule has 0 radical (unpaired) electrons. The van der Waals surface area contributed by atoms with Crippen LogP contribution in [0.1, 0.15) is 16.1 Å². The smallest absolute Gasteiger partial charge is 0.290 e. The molecule has 1 heterocycles. The van der Waals surface area contributed by atoms with Gasteiger partial charge in [0.15, 0.2) is 0 Å². The molecule has 1 amide bonds. The minimum absolute atomic E-state index is 0.00280. The highest BCUT2D eigenvalue weighted by molar-refractivity contribution is 5.91. The van der Waals surface area contributed by atoms with Gasteiger partial charge in [0, 0.05) is 13.6 Å². The fourth-order valence-corrected chi connectivity index (χ4v) is 2.31. The van der Waals surface area contributed by atoms with Gasteiger partial charge in [0.25, 0.3) is 11.5 Å². The summed E-state index contributed by atoms with van der Waals surface area (Å²) in [5, 5.41) is 4.86. The third-order valence-corrected chi connectivity index (χ3v) is 3.59. The number of nitrogens with one attached hydrogen (secondary N) is 1. The summed E-state index contributed by atoms with van der Waals surface area (Å²) in [6, 6.07) is 12.9. The van der Waals surface area contributed by atoms with Crippen LogP contribution in [0, 0.1) is 0 Å². The lowest BCUT2D eigenvalue weighted by molar-refractivity contribution is 0.0901. The fourth-order valence-electron chi connectivity index (χ4n) is 2.31. The Morgan fingerprint density at radius 2 is 1.91 bits per heavy atom. The molecule has 3 aromatic rings. The molecule has 0 spiro atoms. The van der Waals surface area contributed by atoms with Crippen LogP contribution >= 0.6 is 0 Å². The lowest BCUT2D eigenvalue weighted by atomic mass is 10.1. The number of hydrogen-bond donors (Lipinski definition) is 1. The third-order valence-electron chi connectivity index (χ3n) is 3.59. The van der Waals surface area contributed by atoms with Crippen LogP contribution in [0.4, 0.5) is 0 Å². The molecule has 23 heavy (non-hydrogen) atoms. The number of rotatable bonds is 4. The molecule has 3 rings (SSSR count). The number of carbonyl (C=O) groups is 1. The number of benzene rings is 2. The third kappa shape index (κ3) is 3.11. The first-order valence-corrected chi connectivity index (χ1v) is 7.09. The summed E-state index contributed by atoms with van der Waals surface area (Å²) in [7, 11) is 3.09. The number of aryl methyl sites for hydroxylation is 1. The SMILES string of the molecule is COc1ccc2cc(CNC(=O)c3cc(=O)n(C)o3)ccc2c1. The maximum atomic E-state index is 12.0. The first-order chi connectivity index (χ1) is 11.1. The van der Waals surface area contributed by atoms with Crippen LogP contribution in [-0.2, 0) is 13.6 Å². The van der Waals surface area contributed by atoms with Gasteiger partial charge < -0.3 is 14.6 Å². The van der Waals surface area contributed by atoms with Crippen molar-refractivity contribution in [2.75, 3.05) is 7.11 Å². The number of nitrogens with zero attached hydrogens (tertiary/aromatic N) is 1. The van der Waals surface area contributed by atoms with Crippen molar-refractivity contribution in [2.24, 2.45) is 7.05 Å². The molecule has 2 aromatic carbocycles. The highest BCUT2D eigenvalue weighted by Gasteiger charge is 2.12. The normalized spacial score (nSPS) is 10.7. The largest absolute Gasteiger partial charge is 0.497 e. The summed E-state index contributed by atoms with van der Waals surface area (Å²) in [6.07, 6.45) is 0. The number of hydrogen-bond acceptors (Lipinski definition) is 4. The monoisotopic (exact) mass is 312 g/mol. The molecule has 0 saturated heterocycles. The molecule has 1 N–H and O–H groups in total. The van der Waals surface area contributed by atoms with Crippen molar-refractivity contribution >= 4 is 16.7 Å². The molecule has 0 atom stereocenters. The van der Waals surface area contributed by atoms with Gasteiger partial charge >= 0.3 is 0 Å². The van der Waals surface area contributed by atoms with E-state index < -0.39 is 5.91 Å². The van der Waals surface area contributed by atoms with E-state index in [0.717, 1.165) is 26.8 Å². The Morgan fingerprint density at radius 3 is 2.61 bits per heavy atom. The molecule has 6 heteroatoms. The molecule has 6 nitrogen and oxygen atoms in total. The first kappa shape index (κ1) is 14.9. The van der Waals surface area contributed by atoms with Gasteiger partial charge in [-0.3, -0.25) is 9.59 Å². The number of fused-ring (bicyclic) bond motifs is 1. The van der Waals surface area contributed by atoms with Crippen LogP contribution in [0.3, 0.4) is 0 Å². The highest BCUT2D eigenvalue weighted by atomic mass is 16.5. The number of aromatic nitrogens is 1. The predicted molar refractivity (Wildman–Crippen MR) is 85.6 cm³/mol. The van der Waals surface area contributed by atoms with E-state index in [1.807, 2.05) is 36.4 Å². The standard InChI is InChI=1S/C17H16N2O4/c1-19-16(20)9-15(23-19)17(21)18-10-11-3-4-13-8-14(22-2)6-5-12(13)7-11/h3-9H,10H2,1-2H3,(H,18,21). The minimum Gasteiger partial charge on any atom is -0.497 e. The van der Waals surface area contributed by atoms with Crippen molar-refractivity contribution in [3.05, 3.63) is 64.1 Å². The van der Waals surface area contributed by atoms with Crippen LogP contribution in [0.2, 0.25) is 0 Å². The van der Waals surface area contributed by atoms with E-state index in [2.05, 4.69) is 5.32 Å². The van der Waals surface area contributed by atoms with Crippen molar-refractivity contribution in [3.8, 4) is 5.75 Å². The summed E-state index contributed by atoms with van der Waals surface area (Å²) >= 11 is 0. The van der Waals surface area contributed by atoms with Gasteiger partial charge in [-0.25, -0.2) is 0 Å². The van der Waals surface area contributed by atoms with E-state index >= 15 is 0 Å². The predicted octanol–water partition coefficient (Wildman–Crippen LogP) is 2.07. The van der Waals surface area contributed by atoms with E-state index in [9.17, 15) is 9.59 Å². The molecule has 0 bridgehead atoms. The first-order valence-electron chi connectivity index (χ1n) is 7.09. The summed E-state index contributed by atoms with van der Waals surface area (Å²) < 4.78 is 11.2. The molecule has 0 aliphatic heterocycles. The van der Waals surface area contributed by atoms with E-state index in [1.54, 1.807) is 7.11 Å². The van der Waals surface area contributed by atoms with E-state index in [4.69, 9.17) is 9.26 Å². The lowest BCUT2D eigenvalue weighted by Gasteiger charge is -2.06. The van der Waals surface area contributed by atoms with Gasteiger partial charge in [-0.2, -0.15) is 4.74 Å². The van der Waals surface area contributed by atoms with Gasteiger partial charge in [0.2, 0.25) is 5.76 Å². The maximum absolute atomic E-state index is 12.0. The molecule has 0 aliphatic carbocycles. The Kier molecular flexibility index (Phi) is 3.89. The van der Waals surface area contributed by atoms with Crippen molar-refractivity contribution in [2.45, 2.75) is 6.54 Å². The van der Waals surface area contributed by atoms with Gasteiger partial charge in [0.05, 0.1) is 13.2 Å². The van der Waals surface area contributed by atoms with Crippen LogP contribution in [0.15, 0.2) is 51.8 Å². The van der Waals surface area contributed by atoms with Crippen LogP contribution in [0.25, 0.3) is 10.8 Å². The lowest BCUT2D eigenvalue weighted by Crippen LogP contribution is -2.22. The number of ether oxygens (including phenoxy) is 1. The van der Waals surface area contributed by atoms with Crippen molar-refractivity contribution in [1.82, 2.24) is 10.1 Å². The molecule has 118 valence electrons. The Labute approximate surface area is 132 Å². The van der Waals surface area contributed by atoms with Gasteiger partial charge in [0.1, 0.15) is 5.75 Å². The second-order valence-electron chi connectivity index (χ2n) is 5.17. The van der Waals surface area contributed by atoms with E-state index in [-0.39, 0.29) is 11.3 Å². The van der Waals surface area contributed by atoms with Gasteiger partial charge in [-0.05, 0) is 34.5 Å². The molecule has 0 aliphatic rings. The highest BCUT2D eigenvalue weighted by Crippen LogP contribution is 2.21. The molecule has 0 fully saturated rings. The molecular formula is C17H16N2O4. The number of carbonyl (C=O) groups excluding carboxylic acids is 1. The number of methoxy groups -OCH3 is 1. The van der Waals surface area contributed by atoms with E-state index in [0.29, 0.717) is 6.54 Å². The van der Waals surface area contributed by atoms with Crippen molar-refractivity contribution in [1.29, 1.82) is 0 Å². The Bertz CT molecular complexity index is 924. The second-order valence-corrected chi connectivity index (χ2v) is 5.17.